The molecule has 0 radical (unpaired) electrons. The van der Waals surface area contributed by atoms with Crippen molar-refractivity contribution in [3.8, 4) is 0 Å². The van der Waals surface area contributed by atoms with Gasteiger partial charge in [0.25, 0.3) is 0 Å². The van der Waals surface area contributed by atoms with Gasteiger partial charge < -0.3 is 0 Å². The molecule has 1 atom stereocenters. The van der Waals surface area contributed by atoms with Crippen LogP contribution in [0.2, 0.25) is 0 Å². The third kappa shape index (κ3) is 4.51. The molecule has 0 saturated heterocycles. The van der Waals surface area contributed by atoms with Crippen LogP contribution in [0.3, 0.4) is 0 Å². The van der Waals surface area contributed by atoms with E-state index in [1.165, 1.54) is 57.8 Å². The number of hydrogen-bond donors (Lipinski definition) is 0. The summed E-state index contributed by atoms with van der Waals surface area (Å²) in [6, 6.07) is 0. The molecule has 2 aromatic rings. The summed E-state index contributed by atoms with van der Waals surface area (Å²) in [6.45, 7) is 4.52. The standard InChI is InChI=1S/C17H28N4/c1-3-5-7-9-11-15(10-8-6-4-2)16-17-18-12-13-21(17)20-14-19-16/h12-15H,3-11H2,1-2H3. The summed E-state index contributed by atoms with van der Waals surface area (Å²) >= 11 is 0. The van der Waals surface area contributed by atoms with Gasteiger partial charge in [0.15, 0.2) is 5.65 Å². The van der Waals surface area contributed by atoms with Crippen LogP contribution < -0.4 is 0 Å². The van der Waals surface area contributed by atoms with Crippen LogP contribution in [-0.4, -0.2) is 19.6 Å². The van der Waals surface area contributed by atoms with Crippen LogP contribution in [0.15, 0.2) is 18.7 Å². The minimum absolute atomic E-state index is 0.529. The smallest absolute Gasteiger partial charge is 0.175 e. The topological polar surface area (TPSA) is 43.1 Å². The van der Waals surface area contributed by atoms with Gasteiger partial charge in [0.05, 0.1) is 5.69 Å². The summed E-state index contributed by atoms with van der Waals surface area (Å²) in [6.07, 6.45) is 16.9. The fraction of sp³-hybridized carbons (Fsp3) is 0.706. The molecule has 2 aromatic heterocycles. The second-order valence-corrected chi connectivity index (χ2v) is 5.88. The largest absolute Gasteiger partial charge is 0.235 e. The van der Waals surface area contributed by atoms with Gasteiger partial charge in [-0.1, -0.05) is 58.8 Å². The molecule has 0 amide bonds. The van der Waals surface area contributed by atoms with Crippen molar-refractivity contribution < 1.29 is 0 Å². The Kier molecular flexibility index (Phi) is 6.64. The van der Waals surface area contributed by atoms with Gasteiger partial charge in [0.2, 0.25) is 0 Å². The summed E-state index contributed by atoms with van der Waals surface area (Å²) in [5, 5.41) is 4.23. The third-order valence-corrected chi connectivity index (χ3v) is 4.17. The molecule has 1 unspecified atom stereocenters. The van der Waals surface area contributed by atoms with Crippen molar-refractivity contribution in [2.75, 3.05) is 0 Å². The Labute approximate surface area is 128 Å². The first kappa shape index (κ1) is 15.9. The second kappa shape index (κ2) is 8.75. The molecule has 0 aromatic carbocycles. The minimum atomic E-state index is 0.529. The molecule has 116 valence electrons. The van der Waals surface area contributed by atoms with Crippen molar-refractivity contribution in [3.05, 3.63) is 24.4 Å². The van der Waals surface area contributed by atoms with E-state index in [0.29, 0.717) is 5.92 Å². The zero-order chi connectivity index (χ0) is 14.9. The lowest BCUT2D eigenvalue weighted by Gasteiger charge is -2.16. The van der Waals surface area contributed by atoms with Crippen LogP contribution in [-0.2, 0) is 0 Å². The normalized spacial score (nSPS) is 12.9. The third-order valence-electron chi connectivity index (χ3n) is 4.17. The summed E-state index contributed by atoms with van der Waals surface area (Å²) < 4.78 is 1.85. The molecule has 0 saturated carbocycles. The first-order chi connectivity index (χ1) is 10.4. The predicted octanol–water partition coefficient (Wildman–Crippen LogP) is 4.76. The van der Waals surface area contributed by atoms with Gasteiger partial charge in [-0.2, -0.15) is 5.10 Å². The first-order valence-electron chi connectivity index (χ1n) is 8.51. The van der Waals surface area contributed by atoms with E-state index in [9.17, 15) is 0 Å². The van der Waals surface area contributed by atoms with E-state index >= 15 is 0 Å². The maximum Gasteiger partial charge on any atom is 0.175 e. The van der Waals surface area contributed by atoms with E-state index in [1.807, 2.05) is 16.9 Å². The second-order valence-electron chi connectivity index (χ2n) is 5.88. The molecule has 0 N–H and O–H groups in total. The number of nitrogens with zero attached hydrogens (tertiary/aromatic N) is 4. The lowest BCUT2D eigenvalue weighted by molar-refractivity contribution is 0.492. The van der Waals surface area contributed by atoms with Crippen molar-refractivity contribution in [3.63, 3.8) is 0 Å². The summed E-state index contributed by atoms with van der Waals surface area (Å²) in [5.41, 5.74) is 2.08. The number of aromatic nitrogens is 4. The molecule has 2 heterocycles. The van der Waals surface area contributed by atoms with Crippen LogP contribution in [0.4, 0.5) is 0 Å². The Morgan fingerprint density at radius 1 is 0.952 bits per heavy atom. The van der Waals surface area contributed by atoms with Gasteiger partial charge in [-0.3, -0.25) is 0 Å². The highest BCUT2D eigenvalue weighted by molar-refractivity contribution is 5.43. The minimum Gasteiger partial charge on any atom is -0.235 e. The van der Waals surface area contributed by atoms with E-state index in [2.05, 4.69) is 28.9 Å². The monoisotopic (exact) mass is 288 g/mol. The molecule has 21 heavy (non-hydrogen) atoms. The van der Waals surface area contributed by atoms with Crippen molar-refractivity contribution in [1.82, 2.24) is 19.6 Å². The average Bonchev–Trinajstić information content (AvgIpc) is 2.98. The van der Waals surface area contributed by atoms with Crippen molar-refractivity contribution in [2.24, 2.45) is 0 Å². The van der Waals surface area contributed by atoms with Gasteiger partial charge in [-0.25, -0.2) is 14.5 Å². The zero-order valence-electron chi connectivity index (χ0n) is 13.5. The fourth-order valence-corrected chi connectivity index (χ4v) is 2.94. The molecule has 0 aliphatic rings. The van der Waals surface area contributed by atoms with Gasteiger partial charge >= 0.3 is 0 Å². The highest BCUT2D eigenvalue weighted by atomic mass is 15.3. The molecule has 0 aliphatic carbocycles. The van der Waals surface area contributed by atoms with Gasteiger partial charge in [-0.15, -0.1) is 0 Å². The number of fused-ring (bicyclic) bond motifs is 1. The van der Waals surface area contributed by atoms with Gasteiger partial charge in [-0.05, 0) is 12.8 Å². The number of unbranched alkanes of at least 4 members (excludes halogenated alkanes) is 5. The van der Waals surface area contributed by atoms with Gasteiger partial charge in [0, 0.05) is 18.3 Å². The Morgan fingerprint density at radius 3 is 2.43 bits per heavy atom. The summed E-state index contributed by atoms with van der Waals surface area (Å²) in [7, 11) is 0. The van der Waals surface area contributed by atoms with Gasteiger partial charge in [0.1, 0.15) is 6.33 Å². The van der Waals surface area contributed by atoms with Crippen molar-refractivity contribution in [2.45, 2.75) is 77.6 Å². The number of imidazole rings is 1. The molecule has 0 fully saturated rings. The predicted molar refractivity (Wildman–Crippen MR) is 86.4 cm³/mol. The molecule has 0 aliphatic heterocycles. The van der Waals surface area contributed by atoms with E-state index in [1.54, 1.807) is 6.33 Å². The molecule has 0 spiro atoms. The average molecular weight is 288 g/mol. The maximum absolute atomic E-state index is 4.56. The van der Waals surface area contributed by atoms with E-state index in [-0.39, 0.29) is 0 Å². The van der Waals surface area contributed by atoms with Crippen LogP contribution in [0.25, 0.3) is 5.65 Å². The molecule has 4 heteroatoms. The molecule has 4 nitrogen and oxygen atoms in total. The molecular weight excluding hydrogens is 260 g/mol. The molecule has 0 bridgehead atoms. The Hall–Kier alpha value is -1.45. The van der Waals surface area contributed by atoms with Crippen molar-refractivity contribution in [1.29, 1.82) is 0 Å². The van der Waals surface area contributed by atoms with Crippen LogP contribution in [0.5, 0.6) is 0 Å². The van der Waals surface area contributed by atoms with Crippen LogP contribution in [0.1, 0.15) is 83.2 Å². The Morgan fingerprint density at radius 2 is 1.67 bits per heavy atom. The molecular formula is C17H28N4. The van der Waals surface area contributed by atoms with E-state index in [4.69, 9.17) is 0 Å². The van der Waals surface area contributed by atoms with E-state index < -0.39 is 0 Å². The van der Waals surface area contributed by atoms with Crippen LogP contribution >= 0.6 is 0 Å². The SMILES string of the molecule is CCCCCCC(CCCCC)c1ncnn2ccnc12. The first-order valence-corrected chi connectivity index (χ1v) is 8.51. The Bertz CT molecular complexity index is 520. The number of hydrogen-bond acceptors (Lipinski definition) is 3. The lowest BCUT2D eigenvalue weighted by Crippen LogP contribution is -2.07. The summed E-state index contributed by atoms with van der Waals surface area (Å²) in [5.74, 6) is 0.529. The number of rotatable bonds is 10. The van der Waals surface area contributed by atoms with E-state index in [0.717, 1.165) is 11.3 Å². The highest BCUT2D eigenvalue weighted by Crippen LogP contribution is 2.28. The zero-order valence-corrected chi connectivity index (χ0v) is 13.5. The summed E-state index contributed by atoms with van der Waals surface area (Å²) in [4.78, 5) is 9.01. The highest BCUT2D eigenvalue weighted by Gasteiger charge is 2.17. The lowest BCUT2D eigenvalue weighted by atomic mass is 9.92. The van der Waals surface area contributed by atoms with Crippen LogP contribution in [0, 0.1) is 0 Å². The fourth-order valence-electron chi connectivity index (χ4n) is 2.94. The quantitative estimate of drug-likeness (QED) is 0.592. The Balaban J connectivity index is 2.07. The maximum atomic E-state index is 4.56. The molecule has 2 rings (SSSR count). The van der Waals surface area contributed by atoms with Crippen molar-refractivity contribution >= 4 is 5.65 Å².